The van der Waals surface area contributed by atoms with Crippen molar-refractivity contribution in [2.75, 3.05) is 14.2 Å². The van der Waals surface area contributed by atoms with Crippen LogP contribution >= 0.6 is 0 Å². The topological polar surface area (TPSA) is 255 Å². The number of hydrogen-bond acceptors (Lipinski definition) is 24. The summed E-state index contributed by atoms with van der Waals surface area (Å²) in [7, 11) is -68.5. The lowest BCUT2D eigenvalue weighted by atomic mass is 10.4. The van der Waals surface area contributed by atoms with Gasteiger partial charge in [0.25, 0.3) is 0 Å². The fourth-order valence-electron chi connectivity index (χ4n) is 16.0. The molecule has 700 valence electrons. The summed E-state index contributed by atoms with van der Waals surface area (Å²) in [5.41, 5.74) is 0. The van der Waals surface area contributed by atoms with Gasteiger partial charge in [0.1, 0.15) is 0 Å². The summed E-state index contributed by atoms with van der Waals surface area (Å²) in [5.74, 6) is 0. The van der Waals surface area contributed by atoms with Crippen LogP contribution in [0, 0.1) is 0 Å². The maximum Gasteiger partial charge on any atom is 0.527 e. The molecule has 41 heteroatoms. The summed E-state index contributed by atoms with van der Waals surface area (Å²) in [6.45, 7) is 19.1. The zero-order valence-electron chi connectivity index (χ0n) is 77.0. The minimum absolute atomic E-state index is 0.233. The van der Waals surface area contributed by atoms with Crippen molar-refractivity contribution in [3.8, 4) is 0 Å². The highest BCUT2D eigenvalue weighted by atomic mass is 28.6. The van der Waals surface area contributed by atoms with Gasteiger partial charge in [0.05, 0.1) is 0 Å². The van der Waals surface area contributed by atoms with Crippen LogP contribution in [0.3, 0.4) is 0 Å². The van der Waals surface area contributed by atoms with Crippen molar-refractivity contribution in [3.63, 3.8) is 0 Å². The predicted molar refractivity (Wildman–Crippen MR) is 560 cm³/mol. The molecule has 4 aliphatic heterocycles. The average Bonchev–Trinajstić information content (AvgIpc) is 0.711. The van der Waals surface area contributed by atoms with Gasteiger partial charge in [-0.3, -0.25) is 0 Å². The molecule has 4 heterocycles. The van der Waals surface area contributed by atoms with Crippen LogP contribution in [0.15, 0.2) is 425 Å². The van der Waals surface area contributed by atoms with Gasteiger partial charge in [0, 0.05) is 76.5 Å². The Morgan fingerprint density at radius 3 is 0.838 bits per heavy atom. The van der Waals surface area contributed by atoms with Crippen molar-refractivity contribution in [1.29, 1.82) is 0 Å². The van der Waals surface area contributed by atoms with Gasteiger partial charge >= 0.3 is 124 Å². The van der Waals surface area contributed by atoms with Gasteiger partial charge in [-0.05, 0) is 69.3 Å². The molecule has 4 fully saturated rings. The van der Waals surface area contributed by atoms with Crippen LogP contribution in [0.2, 0.25) is 58.9 Å². The average molecular weight is 2110 g/mol. The molecule has 4 bridgehead atoms. The summed E-state index contributed by atoms with van der Waals surface area (Å²) in [6, 6.07) is 131. The summed E-state index contributed by atoms with van der Waals surface area (Å²) in [5, 5.41) is 7.39. The fourth-order valence-corrected chi connectivity index (χ4v) is 90.7. The Balaban J connectivity index is 0.000000192. The normalized spacial score (nSPS) is 27.5. The third-order valence-electron chi connectivity index (χ3n) is 21.9. The first-order valence-corrected chi connectivity index (χ1v) is 78.7. The van der Waals surface area contributed by atoms with Crippen molar-refractivity contribution >= 4 is 222 Å². The van der Waals surface area contributed by atoms with Crippen molar-refractivity contribution in [2.45, 2.75) is 58.9 Å². The third-order valence-corrected chi connectivity index (χ3v) is 82.3. The molecule has 14 atom stereocenters. The van der Waals surface area contributed by atoms with Crippen molar-refractivity contribution in [3.05, 3.63) is 425 Å². The molecule has 24 nitrogen and oxygen atoms in total. The molecule has 0 radical (unpaired) electrons. The summed E-state index contributed by atoms with van der Waals surface area (Å²) in [6.07, 6.45) is 0. The molecule has 0 saturated carbocycles. The maximum absolute atomic E-state index is 13.6. The van der Waals surface area contributed by atoms with Crippen LogP contribution in [0.1, 0.15) is 0 Å². The molecule has 18 rings (SSSR count). The van der Waals surface area contributed by atoms with E-state index >= 15 is 0 Å². The van der Waals surface area contributed by atoms with Gasteiger partial charge in [0.15, 0.2) is 25.0 Å². The molecule has 0 spiro atoms. The van der Waals surface area contributed by atoms with Crippen LogP contribution in [0.5, 0.6) is 0 Å². The lowest BCUT2D eigenvalue weighted by Crippen LogP contribution is -2.87. The molecule has 0 aliphatic carbocycles. The number of fused-ring (bicyclic) bond motifs is 4. The van der Waals surface area contributed by atoms with E-state index in [1.165, 1.54) is 7.11 Å². The van der Waals surface area contributed by atoms with Gasteiger partial charge in [-0.1, -0.05) is 425 Å². The van der Waals surface area contributed by atoms with Crippen LogP contribution in [-0.2, 0) is 87.0 Å². The largest absolute Gasteiger partial charge is 0.527 e. The van der Waals surface area contributed by atoms with Crippen molar-refractivity contribution in [1.82, 2.24) is 0 Å². The molecule has 3 N–H and O–H groups in total. The van der Waals surface area contributed by atoms with E-state index in [4.69, 9.17) is 87.0 Å². The van der Waals surface area contributed by atoms with E-state index in [9.17, 15) is 14.4 Å². The number of benzene rings is 14. The Morgan fingerprint density at radius 1 is 0.221 bits per heavy atom. The smallest absolute Gasteiger partial charge is 0.413 e. The van der Waals surface area contributed by atoms with Gasteiger partial charge in [0.2, 0.25) is 0 Å². The van der Waals surface area contributed by atoms with E-state index in [2.05, 4.69) is 58.9 Å². The van der Waals surface area contributed by atoms with Crippen LogP contribution in [0.25, 0.3) is 0 Å². The standard InChI is InChI=1S/C52H66O12Si10.C43H42O12Si7/c1-53-69(56-66(2,3)4,47-34-20-12-21-35-47)59-73(51-42-28-16-29-43-51)61-71(49-38-24-14-25-39-49)55-65(46-32-18-11-19-33-46)54-70(57-67(5,6)7,48-36-22-13-23-37-48)60-74(62-71,52-44-30-17-31-45-52)64-72(63-73,58-68(8,9)10)50-40-26-15-27-41-50;1-47-57(44,38-25-11-3-12-26-38)50-61(42-33-19-7-20-34-42)52-59(46,40-29-15-5-16-30-40)53-62(43-35-21-8-22-36-43)51-58(45,39-27-13-4-14-28-39)48-56(37-23-9-2-10-24-37)49-60(54-61,55-62)41-31-17-6-18-32-41/h11-45,65H,1-10H3;2-36,44-46,56H,1H3. The van der Waals surface area contributed by atoms with Gasteiger partial charge in [-0.15, -0.1) is 0 Å². The molecule has 4 saturated heterocycles. The first kappa shape index (κ1) is 99.4. The van der Waals surface area contributed by atoms with E-state index in [1.807, 2.05) is 285 Å². The van der Waals surface area contributed by atoms with Crippen molar-refractivity contribution in [2.24, 2.45) is 0 Å². The predicted octanol–water partition coefficient (Wildman–Crippen LogP) is 7.53. The van der Waals surface area contributed by atoms with E-state index in [0.29, 0.717) is 57.1 Å². The first-order chi connectivity index (χ1) is 65.3. The molecule has 4 aliphatic rings. The monoisotopic (exact) mass is 2110 g/mol. The molecule has 14 unspecified atom stereocenters. The lowest BCUT2D eigenvalue weighted by molar-refractivity contribution is 0.0646. The Kier molecular flexibility index (Phi) is 30.1. The summed E-state index contributed by atoms with van der Waals surface area (Å²) < 4.78 is 160. The molecule has 14 aromatic rings. The SMILES string of the molecule is CO[Si](O)(O[Si]1(c2ccccc2)O[Si](O)(c2ccccc2)O[Si]2(c3ccccc3)O[Si](O)(c3ccccc3)O[SiH](c3ccccc3)O[Si](c3ccccc3)(O1)O2)c1ccccc1.CO[Si](O[Si](C)(C)C)(O[Si]1(c2ccccc2)O[Si]2(c3ccccc3)O[SiH](c3ccccc3)O[Si](O[Si](C)(C)C)(c3ccccc3)O[Si](c3ccccc3)(O2)O[Si](O[Si](C)(C)C)(c2ccccc2)O1)c1ccccc1. The zero-order chi connectivity index (χ0) is 95.1. The molecule has 0 amide bonds. The minimum Gasteiger partial charge on any atom is -0.413 e. The second kappa shape index (κ2) is 41.2. The Bertz CT molecular complexity index is 6230. The van der Waals surface area contributed by atoms with Gasteiger partial charge in [-0.25, -0.2) is 0 Å². The molecular weight excluding hydrogens is 2000 g/mol. The Morgan fingerprint density at radius 2 is 0.485 bits per heavy atom. The summed E-state index contributed by atoms with van der Waals surface area (Å²) >= 11 is 0. The van der Waals surface area contributed by atoms with E-state index in [-0.39, 0.29) is 5.19 Å². The minimum atomic E-state index is -5.07. The van der Waals surface area contributed by atoms with Gasteiger partial charge < -0.3 is 101 Å². The number of hydrogen-bond donors (Lipinski definition) is 3. The van der Waals surface area contributed by atoms with E-state index < -0.39 is 149 Å². The lowest BCUT2D eigenvalue weighted by Gasteiger charge is -2.55. The highest BCUT2D eigenvalue weighted by molar-refractivity contribution is 7.10. The third kappa shape index (κ3) is 21.8. The van der Waals surface area contributed by atoms with Crippen LogP contribution in [0.4, 0.5) is 0 Å². The van der Waals surface area contributed by atoms with Crippen LogP contribution < -0.4 is 72.6 Å². The second-order valence-corrected chi connectivity index (χ2v) is 88.0. The molecule has 0 aromatic heterocycles. The number of rotatable bonds is 26. The van der Waals surface area contributed by atoms with E-state index in [0.717, 1.165) is 10.4 Å². The molecule has 136 heavy (non-hydrogen) atoms. The first-order valence-electron chi connectivity index (χ1n) is 44.6. The highest BCUT2D eigenvalue weighted by Crippen LogP contribution is 2.43. The fraction of sp³-hybridized carbons (Fsp3) is 0.116. The molecular formula is C95H108O24Si17. The Labute approximate surface area is 814 Å². The van der Waals surface area contributed by atoms with Crippen molar-refractivity contribution < 1.29 is 101 Å². The molecule has 14 aromatic carbocycles. The zero-order valence-corrected chi connectivity index (χ0v) is 94.3. The maximum atomic E-state index is 13.6. The second-order valence-electron chi connectivity index (χ2n) is 35.4. The quantitative estimate of drug-likeness (QED) is 0.0443. The van der Waals surface area contributed by atoms with Gasteiger partial charge in [-0.2, -0.15) is 0 Å². The van der Waals surface area contributed by atoms with Crippen LogP contribution in [-0.4, -0.2) is 178 Å². The highest BCUT2D eigenvalue weighted by Gasteiger charge is 2.79. The Hall–Kier alpha value is -8.19. The van der Waals surface area contributed by atoms with E-state index in [1.54, 1.807) is 147 Å². The summed E-state index contributed by atoms with van der Waals surface area (Å²) in [4.78, 5) is 39.6.